The molecule has 20 heavy (non-hydrogen) atoms. The molecular weight excluding hydrogens is 267 g/mol. The number of alkyl halides is 1. The standard InChI is InChI=1S/C18H25FS/c1-17-10-4-3-5-12(17)6-7-13-14-8-9-15(19)18(14,2)11-20-16(13)17/h3-5,10,12-16H,6-9,11H2,1-2H3/t12?,13-,14-,15?,16+,17-,18-/m0/s1. The summed E-state index contributed by atoms with van der Waals surface area (Å²) in [5.41, 5.74) is 0.265. The summed E-state index contributed by atoms with van der Waals surface area (Å²) in [6, 6.07) is 0. The topological polar surface area (TPSA) is 0 Å². The van der Waals surface area contributed by atoms with Gasteiger partial charge in [-0.2, -0.15) is 11.8 Å². The molecule has 4 aliphatic rings. The van der Waals surface area contributed by atoms with Crippen LogP contribution < -0.4 is 0 Å². The first kappa shape index (κ1) is 13.4. The number of allylic oxidation sites excluding steroid dienone is 4. The van der Waals surface area contributed by atoms with Crippen molar-refractivity contribution in [2.45, 2.75) is 51.0 Å². The zero-order valence-corrected chi connectivity index (χ0v) is 13.3. The zero-order valence-electron chi connectivity index (χ0n) is 12.5. The fraction of sp³-hybridized carbons (Fsp3) is 0.778. The number of thioether (sulfide) groups is 1. The van der Waals surface area contributed by atoms with Gasteiger partial charge in [-0.15, -0.1) is 0 Å². The van der Waals surface area contributed by atoms with Crippen LogP contribution in [-0.2, 0) is 0 Å². The molecule has 0 aromatic carbocycles. The lowest BCUT2D eigenvalue weighted by molar-refractivity contribution is 0.0426. The number of halogens is 1. The quantitative estimate of drug-likeness (QED) is 0.604. The largest absolute Gasteiger partial charge is 0.247 e. The fourth-order valence-electron chi connectivity index (χ4n) is 5.59. The second kappa shape index (κ2) is 4.38. The van der Waals surface area contributed by atoms with Crippen molar-refractivity contribution >= 4 is 11.8 Å². The molecule has 1 aliphatic heterocycles. The first-order valence-corrected chi connectivity index (χ1v) is 9.22. The van der Waals surface area contributed by atoms with E-state index >= 15 is 0 Å². The van der Waals surface area contributed by atoms with E-state index in [2.05, 4.69) is 49.9 Å². The normalized spacial score (nSPS) is 57.0. The van der Waals surface area contributed by atoms with Crippen LogP contribution in [0.15, 0.2) is 24.3 Å². The van der Waals surface area contributed by atoms with E-state index in [0.717, 1.165) is 24.5 Å². The van der Waals surface area contributed by atoms with E-state index in [1.165, 1.54) is 12.8 Å². The molecule has 2 unspecified atom stereocenters. The van der Waals surface area contributed by atoms with E-state index in [-0.39, 0.29) is 5.41 Å². The van der Waals surface area contributed by atoms with E-state index in [0.29, 0.717) is 22.5 Å². The maximum atomic E-state index is 14.4. The lowest BCUT2D eigenvalue weighted by Gasteiger charge is -2.57. The van der Waals surface area contributed by atoms with Crippen molar-refractivity contribution in [3.63, 3.8) is 0 Å². The molecule has 2 heteroatoms. The Morgan fingerprint density at radius 1 is 1.10 bits per heavy atom. The molecule has 2 saturated carbocycles. The Morgan fingerprint density at radius 3 is 2.80 bits per heavy atom. The minimum absolute atomic E-state index is 0.0384. The molecule has 1 saturated heterocycles. The Labute approximate surface area is 126 Å². The molecule has 1 heterocycles. The number of hydrogen-bond acceptors (Lipinski definition) is 1. The smallest absolute Gasteiger partial charge is 0.107 e. The van der Waals surface area contributed by atoms with Crippen LogP contribution in [-0.4, -0.2) is 17.2 Å². The lowest BCUT2D eigenvalue weighted by Crippen LogP contribution is -2.54. The highest BCUT2D eigenvalue weighted by Crippen LogP contribution is 2.64. The summed E-state index contributed by atoms with van der Waals surface area (Å²) in [6.45, 7) is 4.68. The molecular formula is C18H25FS. The Morgan fingerprint density at radius 2 is 1.95 bits per heavy atom. The van der Waals surface area contributed by atoms with Gasteiger partial charge in [0.25, 0.3) is 0 Å². The van der Waals surface area contributed by atoms with Gasteiger partial charge in [0.1, 0.15) is 6.17 Å². The third-order valence-electron chi connectivity index (χ3n) is 6.91. The molecule has 0 nitrogen and oxygen atoms in total. The van der Waals surface area contributed by atoms with Gasteiger partial charge in [-0.25, -0.2) is 4.39 Å². The highest BCUT2D eigenvalue weighted by Gasteiger charge is 2.59. The molecule has 4 rings (SSSR count). The van der Waals surface area contributed by atoms with Crippen molar-refractivity contribution < 1.29 is 4.39 Å². The van der Waals surface area contributed by atoms with Crippen LogP contribution >= 0.6 is 11.8 Å². The summed E-state index contributed by atoms with van der Waals surface area (Å²) in [5.74, 6) is 3.09. The molecule has 3 fully saturated rings. The van der Waals surface area contributed by atoms with Crippen LogP contribution in [0.2, 0.25) is 0 Å². The molecule has 0 aromatic heterocycles. The second-order valence-corrected chi connectivity index (χ2v) is 8.98. The fourth-order valence-corrected chi connectivity index (χ4v) is 7.71. The highest BCUT2D eigenvalue weighted by atomic mass is 32.2. The summed E-state index contributed by atoms with van der Waals surface area (Å²) in [4.78, 5) is 0. The van der Waals surface area contributed by atoms with Crippen LogP contribution in [0.1, 0.15) is 39.5 Å². The van der Waals surface area contributed by atoms with Gasteiger partial charge in [-0.05, 0) is 43.4 Å². The molecule has 110 valence electrons. The Bertz CT molecular complexity index is 470. The van der Waals surface area contributed by atoms with Gasteiger partial charge >= 0.3 is 0 Å². The third-order valence-corrected chi connectivity index (χ3v) is 8.91. The van der Waals surface area contributed by atoms with E-state index in [1.807, 2.05) is 0 Å². The van der Waals surface area contributed by atoms with Crippen LogP contribution in [0.3, 0.4) is 0 Å². The van der Waals surface area contributed by atoms with Gasteiger partial charge in [0.05, 0.1) is 0 Å². The van der Waals surface area contributed by atoms with Crippen molar-refractivity contribution in [3.8, 4) is 0 Å². The summed E-state index contributed by atoms with van der Waals surface area (Å²) in [7, 11) is 0. The number of fused-ring (bicyclic) bond motifs is 5. The Hall–Kier alpha value is -0.240. The SMILES string of the molecule is C[C@]12C=CC=CC1CC[C@@H]1[C@H]2SC[C@]2(C)C(F)CC[C@@H]12. The van der Waals surface area contributed by atoms with Crippen LogP contribution in [0.25, 0.3) is 0 Å². The zero-order chi connectivity index (χ0) is 14.0. The van der Waals surface area contributed by atoms with Gasteiger partial charge in [-0.1, -0.05) is 38.2 Å². The van der Waals surface area contributed by atoms with Gasteiger partial charge in [0.15, 0.2) is 0 Å². The first-order valence-electron chi connectivity index (χ1n) is 8.17. The average Bonchev–Trinajstić information content (AvgIpc) is 2.74. The van der Waals surface area contributed by atoms with E-state index in [1.54, 1.807) is 0 Å². The molecule has 0 spiro atoms. The highest BCUT2D eigenvalue weighted by molar-refractivity contribution is 8.00. The summed E-state index contributed by atoms with van der Waals surface area (Å²) >= 11 is 2.09. The Kier molecular flexibility index (Phi) is 2.94. The van der Waals surface area contributed by atoms with Crippen molar-refractivity contribution in [2.75, 3.05) is 5.75 Å². The van der Waals surface area contributed by atoms with Gasteiger partial charge in [0, 0.05) is 21.8 Å². The maximum absolute atomic E-state index is 14.4. The summed E-state index contributed by atoms with van der Waals surface area (Å²) < 4.78 is 14.4. The number of rotatable bonds is 0. The van der Waals surface area contributed by atoms with Crippen LogP contribution in [0.5, 0.6) is 0 Å². The molecule has 0 bridgehead atoms. The minimum atomic E-state index is -0.562. The van der Waals surface area contributed by atoms with E-state index < -0.39 is 6.17 Å². The van der Waals surface area contributed by atoms with Gasteiger partial charge in [0.2, 0.25) is 0 Å². The van der Waals surface area contributed by atoms with E-state index in [9.17, 15) is 4.39 Å². The monoisotopic (exact) mass is 292 g/mol. The van der Waals surface area contributed by atoms with Gasteiger partial charge < -0.3 is 0 Å². The summed E-state index contributed by atoms with van der Waals surface area (Å²) in [5, 5.41) is 0.700. The predicted octanol–water partition coefficient (Wildman–Crippen LogP) is 5.01. The predicted molar refractivity (Wildman–Crippen MR) is 84.6 cm³/mol. The van der Waals surface area contributed by atoms with E-state index in [4.69, 9.17) is 0 Å². The van der Waals surface area contributed by atoms with Crippen LogP contribution in [0, 0.1) is 28.6 Å². The molecule has 0 radical (unpaired) electrons. The first-order chi connectivity index (χ1) is 9.56. The van der Waals surface area contributed by atoms with Crippen LogP contribution in [0.4, 0.5) is 4.39 Å². The minimum Gasteiger partial charge on any atom is -0.247 e. The van der Waals surface area contributed by atoms with Crippen molar-refractivity contribution in [3.05, 3.63) is 24.3 Å². The average molecular weight is 292 g/mol. The summed E-state index contributed by atoms with van der Waals surface area (Å²) in [6.07, 6.45) is 13.3. The van der Waals surface area contributed by atoms with Crippen molar-refractivity contribution in [1.29, 1.82) is 0 Å². The number of hydrogen-bond donors (Lipinski definition) is 0. The van der Waals surface area contributed by atoms with Crippen molar-refractivity contribution in [2.24, 2.45) is 28.6 Å². The molecule has 7 atom stereocenters. The molecule has 3 aliphatic carbocycles. The van der Waals surface area contributed by atoms with Gasteiger partial charge in [-0.3, -0.25) is 0 Å². The molecule has 0 N–H and O–H groups in total. The van der Waals surface area contributed by atoms with Crippen molar-refractivity contribution in [1.82, 2.24) is 0 Å². The maximum Gasteiger partial charge on any atom is 0.107 e. The Balaban J connectivity index is 1.68. The second-order valence-electron chi connectivity index (χ2n) is 7.85. The lowest BCUT2D eigenvalue weighted by atomic mass is 9.57. The molecule has 0 aromatic rings. The third kappa shape index (κ3) is 1.60. The molecule has 0 amide bonds.